The van der Waals surface area contributed by atoms with Crippen LogP contribution in [0, 0.1) is 0 Å². The summed E-state index contributed by atoms with van der Waals surface area (Å²) in [5.74, 6) is 0. The molecule has 9 aromatic carbocycles. The summed E-state index contributed by atoms with van der Waals surface area (Å²) in [6.07, 6.45) is 0. The third-order valence-corrected chi connectivity index (χ3v) is 12.5. The van der Waals surface area contributed by atoms with Gasteiger partial charge in [0.25, 0.3) is 0 Å². The zero-order valence-electron chi connectivity index (χ0n) is 28.9. The van der Waals surface area contributed by atoms with Crippen LogP contribution < -0.4 is 4.90 Å². The molecule has 0 aliphatic heterocycles. The summed E-state index contributed by atoms with van der Waals surface area (Å²) in [6, 6.07) is 73.9. The van der Waals surface area contributed by atoms with Gasteiger partial charge in [-0.1, -0.05) is 158 Å². The Kier molecular flexibility index (Phi) is 6.71. The summed E-state index contributed by atoms with van der Waals surface area (Å²) in [5, 5.41) is 7.80. The number of rotatable bonds is 5. The van der Waals surface area contributed by atoms with Gasteiger partial charge in [-0.05, 0) is 92.0 Å². The quantitative estimate of drug-likeness (QED) is 0.162. The summed E-state index contributed by atoms with van der Waals surface area (Å²) < 4.78 is 2.69. The predicted molar refractivity (Wildman–Crippen MR) is 226 cm³/mol. The molecule has 11 rings (SSSR count). The van der Waals surface area contributed by atoms with E-state index in [4.69, 9.17) is 0 Å². The third kappa shape index (κ3) is 4.43. The first-order valence-corrected chi connectivity index (χ1v) is 19.1. The van der Waals surface area contributed by atoms with E-state index in [0.29, 0.717) is 0 Å². The van der Waals surface area contributed by atoms with Gasteiger partial charge >= 0.3 is 0 Å². The molecule has 0 saturated carbocycles. The molecule has 248 valence electrons. The minimum atomic E-state index is -0.468. The van der Waals surface area contributed by atoms with Gasteiger partial charge in [0.15, 0.2) is 0 Å². The average molecular weight is 692 g/mol. The molecule has 0 atom stereocenters. The second-order valence-electron chi connectivity index (χ2n) is 14.0. The molecule has 10 aromatic rings. The van der Waals surface area contributed by atoms with Crippen molar-refractivity contribution in [1.29, 1.82) is 0 Å². The highest BCUT2D eigenvalue weighted by molar-refractivity contribution is 7.26. The Hall–Kier alpha value is -6.48. The summed E-state index contributed by atoms with van der Waals surface area (Å²) >= 11 is 1.90. The second kappa shape index (κ2) is 11.8. The van der Waals surface area contributed by atoms with Crippen molar-refractivity contribution in [3.05, 3.63) is 222 Å². The van der Waals surface area contributed by atoms with Gasteiger partial charge in [-0.25, -0.2) is 0 Å². The average Bonchev–Trinajstić information content (AvgIpc) is 3.76. The molecule has 1 nitrogen and oxygen atoms in total. The molecule has 1 aliphatic carbocycles. The third-order valence-electron chi connectivity index (χ3n) is 11.3. The van der Waals surface area contributed by atoms with Gasteiger partial charge in [0.1, 0.15) is 0 Å². The number of hydrogen-bond acceptors (Lipinski definition) is 2. The molecular formula is C51H33NS. The van der Waals surface area contributed by atoms with Crippen LogP contribution in [0.3, 0.4) is 0 Å². The molecule has 1 heterocycles. The SMILES string of the molecule is c1ccc(N(c2cccc(C3(c4ccccc4)c4ccccc4-c4ccccc43)c2)c2ccc3c(ccc4ccc5c6ccccc6sc5c43)c2)cc1. The van der Waals surface area contributed by atoms with Gasteiger partial charge in [0.2, 0.25) is 0 Å². The van der Waals surface area contributed by atoms with E-state index in [1.807, 2.05) is 11.3 Å². The Bertz CT molecular complexity index is 2970. The van der Waals surface area contributed by atoms with E-state index in [1.165, 1.54) is 75.1 Å². The van der Waals surface area contributed by atoms with Gasteiger partial charge in [-0.15, -0.1) is 11.3 Å². The van der Waals surface area contributed by atoms with Crippen molar-refractivity contribution in [2.45, 2.75) is 5.41 Å². The summed E-state index contributed by atoms with van der Waals surface area (Å²) in [7, 11) is 0. The van der Waals surface area contributed by atoms with Gasteiger partial charge in [-0.2, -0.15) is 0 Å². The highest BCUT2D eigenvalue weighted by Gasteiger charge is 2.46. The van der Waals surface area contributed by atoms with Crippen molar-refractivity contribution >= 4 is 70.1 Å². The zero-order valence-corrected chi connectivity index (χ0v) is 29.7. The van der Waals surface area contributed by atoms with Crippen LogP contribution in [-0.2, 0) is 5.41 Å². The predicted octanol–water partition coefficient (Wildman–Crippen LogP) is 14.2. The largest absolute Gasteiger partial charge is 0.310 e. The van der Waals surface area contributed by atoms with E-state index in [1.54, 1.807) is 0 Å². The fourth-order valence-electron chi connectivity index (χ4n) is 9.07. The Balaban J connectivity index is 1.14. The smallest absolute Gasteiger partial charge is 0.0714 e. The standard InChI is InChI=1S/C51H33NS/c1-3-14-36(15-4-1)51(46-23-10-7-20-42(46)43-21-8-11-24-47(43)51)37-16-13-19-39(33-37)52(38-17-5-2-6-18-38)40-29-31-41-35(32-40)27-26-34-28-30-45-44-22-9-12-25-48(44)53-50(45)49(34)41/h1-33H. The second-order valence-corrected chi connectivity index (χ2v) is 15.1. The molecule has 0 saturated heterocycles. The topological polar surface area (TPSA) is 3.24 Å². The number of hydrogen-bond donors (Lipinski definition) is 0. The minimum Gasteiger partial charge on any atom is -0.310 e. The Morgan fingerprint density at radius 1 is 0.377 bits per heavy atom. The van der Waals surface area contributed by atoms with Gasteiger partial charge < -0.3 is 4.90 Å². The number of anilines is 3. The van der Waals surface area contributed by atoms with Crippen LogP contribution >= 0.6 is 11.3 Å². The number of fused-ring (bicyclic) bond motifs is 10. The maximum absolute atomic E-state index is 2.42. The van der Waals surface area contributed by atoms with Crippen molar-refractivity contribution in [1.82, 2.24) is 0 Å². The normalized spacial score (nSPS) is 13.1. The van der Waals surface area contributed by atoms with E-state index >= 15 is 0 Å². The van der Waals surface area contributed by atoms with E-state index in [2.05, 4.69) is 205 Å². The van der Waals surface area contributed by atoms with Crippen molar-refractivity contribution in [3.63, 3.8) is 0 Å². The number of benzene rings is 9. The van der Waals surface area contributed by atoms with E-state index in [0.717, 1.165) is 17.1 Å². The van der Waals surface area contributed by atoms with Gasteiger partial charge in [-0.3, -0.25) is 0 Å². The first-order valence-electron chi connectivity index (χ1n) is 18.3. The minimum absolute atomic E-state index is 0.468. The molecule has 53 heavy (non-hydrogen) atoms. The van der Waals surface area contributed by atoms with Crippen LogP contribution in [0.15, 0.2) is 200 Å². The lowest BCUT2D eigenvalue weighted by Crippen LogP contribution is -2.28. The molecule has 0 amide bonds. The molecule has 0 N–H and O–H groups in total. The lowest BCUT2D eigenvalue weighted by atomic mass is 9.67. The highest BCUT2D eigenvalue weighted by Crippen LogP contribution is 2.56. The van der Waals surface area contributed by atoms with E-state index in [-0.39, 0.29) is 0 Å². The Labute approximate surface area is 312 Å². The summed E-state index contributed by atoms with van der Waals surface area (Å²) in [4.78, 5) is 2.42. The van der Waals surface area contributed by atoms with Gasteiger partial charge in [0.05, 0.1) is 5.41 Å². The maximum atomic E-state index is 2.42. The molecule has 1 aromatic heterocycles. The van der Waals surface area contributed by atoms with Crippen LogP contribution in [0.4, 0.5) is 17.1 Å². The summed E-state index contributed by atoms with van der Waals surface area (Å²) in [6.45, 7) is 0. The van der Waals surface area contributed by atoms with Crippen molar-refractivity contribution < 1.29 is 0 Å². The highest BCUT2D eigenvalue weighted by atomic mass is 32.1. The Morgan fingerprint density at radius 3 is 1.75 bits per heavy atom. The van der Waals surface area contributed by atoms with Crippen molar-refractivity contribution in [3.8, 4) is 11.1 Å². The lowest BCUT2D eigenvalue weighted by Gasteiger charge is -2.35. The van der Waals surface area contributed by atoms with Gasteiger partial charge in [0, 0.05) is 42.6 Å². The molecular weight excluding hydrogens is 659 g/mol. The zero-order chi connectivity index (χ0) is 34.9. The maximum Gasteiger partial charge on any atom is 0.0714 e. The molecule has 2 heteroatoms. The van der Waals surface area contributed by atoms with Crippen LogP contribution in [0.5, 0.6) is 0 Å². The molecule has 1 aliphatic rings. The molecule has 0 unspecified atom stereocenters. The lowest BCUT2D eigenvalue weighted by molar-refractivity contribution is 0.768. The van der Waals surface area contributed by atoms with E-state index in [9.17, 15) is 0 Å². The fraction of sp³-hybridized carbons (Fsp3) is 0.0196. The van der Waals surface area contributed by atoms with E-state index < -0.39 is 5.41 Å². The van der Waals surface area contributed by atoms with Crippen LogP contribution in [0.25, 0.3) is 52.8 Å². The summed E-state index contributed by atoms with van der Waals surface area (Å²) in [5.41, 5.74) is 10.7. The molecule has 0 spiro atoms. The van der Waals surface area contributed by atoms with Crippen molar-refractivity contribution in [2.24, 2.45) is 0 Å². The van der Waals surface area contributed by atoms with Crippen molar-refractivity contribution in [2.75, 3.05) is 4.90 Å². The van der Waals surface area contributed by atoms with Crippen LogP contribution in [0.2, 0.25) is 0 Å². The van der Waals surface area contributed by atoms with Crippen LogP contribution in [-0.4, -0.2) is 0 Å². The first-order chi connectivity index (χ1) is 26.3. The molecule has 0 radical (unpaired) electrons. The number of nitrogens with zero attached hydrogens (tertiary/aromatic N) is 1. The monoisotopic (exact) mass is 691 g/mol. The first kappa shape index (κ1) is 30.2. The molecule has 0 fully saturated rings. The van der Waals surface area contributed by atoms with Crippen LogP contribution in [0.1, 0.15) is 22.3 Å². The number of para-hydroxylation sites is 1. The number of thiophene rings is 1. The molecule has 0 bridgehead atoms. The Morgan fingerprint density at radius 2 is 0.962 bits per heavy atom. The fourth-order valence-corrected chi connectivity index (χ4v) is 10.3.